The lowest BCUT2D eigenvalue weighted by Crippen LogP contribution is -2.29. The summed E-state index contributed by atoms with van der Waals surface area (Å²) in [6.07, 6.45) is 2.51. The van der Waals surface area contributed by atoms with Crippen molar-refractivity contribution in [1.29, 1.82) is 0 Å². The first kappa shape index (κ1) is 11.9. The van der Waals surface area contributed by atoms with Crippen LogP contribution >= 0.6 is 11.6 Å². The maximum Gasteiger partial charge on any atom is 0.0587 e. The highest BCUT2D eigenvalue weighted by Crippen LogP contribution is 2.47. The molecule has 3 heteroatoms. The van der Waals surface area contributed by atoms with Gasteiger partial charge in [-0.2, -0.15) is 0 Å². The fourth-order valence-corrected chi connectivity index (χ4v) is 2.23. The standard InChI is InChI=1S/C13H18ClNO/c1-16-8-7-15-10-13(5-6-13)11-3-2-4-12(14)9-11/h2-4,9,15H,5-8,10H2,1H3. The summed E-state index contributed by atoms with van der Waals surface area (Å²) in [4.78, 5) is 0. The van der Waals surface area contributed by atoms with Gasteiger partial charge < -0.3 is 10.1 Å². The van der Waals surface area contributed by atoms with Crippen LogP contribution in [0.4, 0.5) is 0 Å². The fourth-order valence-electron chi connectivity index (χ4n) is 2.04. The Morgan fingerprint density at radius 3 is 2.88 bits per heavy atom. The van der Waals surface area contributed by atoms with E-state index in [1.54, 1.807) is 7.11 Å². The third-order valence-electron chi connectivity index (χ3n) is 3.24. The summed E-state index contributed by atoms with van der Waals surface area (Å²) in [6.45, 7) is 2.71. The molecule has 1 N–H and O–H groups in total. The molecule has 0 heterocycles. The summed E-state index contributed by atoms with van der Waals surface area (Å²) in [5, 5.41) is 4.27. The van der Waals surface area contributed by atoms with Crippen LogP contribution in [0.3, 0.4) is 0 Å². The molecule has 1 fully saturated rings. The second kappa shape index (κ2) is 5.17. The number of hydrogen-bond donors (Lipinski definition) is 1. The topological polar surface area (TPSA) is 21.3 Å². The van der Waals surface area contributed by atoms with Gasteiger partial charge in [0.15, 0.2) is 0 Å². The van der Waals surface area contributed by atoms with Crippen molar-refractivity contribution < 1.29 is 4.74 Å². The molecule has 1 saturated carbocycles. The molecule has 0 aliphatic heterocycles. The summed E-state index contributed by atoms with van der Waals surface area (Å²) in [5.74, 6) is 0. The van der Waals surface area contributed by atoms with Gasteiger partial charge in [-0.05, 0) is 30.5 Å². The van der Waals surface area contributed by atoms with Gasteiger partial charge in [-0.1, -0.05) is 23.7 Å². The first-order valence-electron chi connectivity index (χ1n) is 5.73. The van der Waals surface area contributed by atoms with E-state index in [4.69, 9.17) is 16.3 Å². The van der Waals surface area contributed by atoms with Gasteiger partial charge in [0, 0.05) is 30.6 Å². The van der Waals surface area contributed by atoms with Crippen molar-refractivity contribution in [2.45, 2.75) is 18.3 Å². The third-order valence-corrected chi connectivity index (χ3v) is 3.47. The Morgan fingerprint density at radius 1 is 1.44 bits per heavy atom. The van der Waals surface area contributed by atoms with E-state index in [1.807, 2.05) is 12.1 Å². The van der Waals surface area contributed by atoms with Gasteiger partial charge in [0.05, 0.1) is 6.61 Å². The van der Waals surface area contributed by atoms with Crippen molar-refractivity contribution in [2.75, 3.05) is 26.8 Å². The molecule has 0 aromatic heterocycles. The Labute approximate surface area is 102 Å². The number of ether oxygens (including phenoxy) is 1. The van der Waals surface area contributed by atoms with Gasteiger partial charge in [0.1, 0.15) is 0 Å². The zero-order chi connectivity index (χ0) is 11.4. The van der Waals surface area contributed by atoms with Gasteiger partial charge in [-0.3, -0.25) is 0 Å². The highest BCUT2D eigenvalue weighted by molar-refractivity contribution is 6.30. The van der Waals surface area contributed by atoms with E-state index in [0.29, 0.717) is 5.41 Å². The van der Waals surface area contributed by atoms with Crippen LogP contribution in [0.5, 0.6) is 0 Å². The molecule has 0 atom stereocenters. The fraction of sp³-hybridized carbons (Fsp3) is 0.538. The monoisotopic (exact) mass is 239 g/mol. The van der Waals surface area contributed by atoms with Crippen molar-refractivity contribution in [3.63, 3.8) is 0 Å². The molecule has 16 heavy (non-hydrogen) atoms. The second-order valence-electron chi connectivity index (χ2n) is 4.46. The van der Waals surface area contributed by atoms with Crippen molar-refractivity contribution in [3.8, 4) is 0 Å². The predicted octanol–water partition coefficient (Wildman–Crippen LogP) is 2.61. The summed E-state index contributed by atoms with van der Waals surface area (Å²) in [6, 6.07) is 8.23. The molecular formula is C13H18ClNO. The van der Waals surface area contributed by atoms with Crippen LogP contribution in [0.25, 0.3) is 0 Å². The molecule has 0 radical (unpaired) electrons. The van der Waals surface area contributed by atoms with Gasteiger partial charge in [-0.15, -0.1) is 0 Å². The van der Waals surface area contributed by atoms with Crippen LogP contribution in [0, 0.1) is 0 Å². The lowest BCUT2D eigenvalue weighted by atomic mass is 9.96. The maximum absolute atomic E-state index is 6.02. The summed E-state index contributed by atoms with van der Waals surface area (Å²) >= 11 is 6.02. The lowest BCUT2D eigenvalue weighted by molar-refractivity contribution is 0.198. The summed E-state index contributed by atoms with van der Waals surface area (Å²) < 4.78 is 5.02. The first-order chi connectivity index (χ1) is 7.77. The van der Waals surface area contributed by atoms with Gasteiger partial charge in [0.25, 0.3) is 0 Å². The molecule has 0 amide bonds. The second-order valence-corrected chi connectivity index (χ2v) is 4.90. The predicted molar refractivity (Wildman–Crippen MR) is 67.1 cm³/mol. The molecular weight excluding hydrogens is 222 g/mol. The largest absolute Gasteiger partial charge is 0.383 e. The van der Waals surface area contributed by atoms with Crippen molar-refractivity contribution in [2.24, 2.45) is 0 Å². The molecule has 1 aliphatic rings. The molecule has 0 bridgehead atoms. The SMILES string of the molecule is COCCNCC1(c2cccc(Cl)c2)CC1. The van der Waals surface area contributed by atoms with E-state index in [0.717, 1.165) is 24.7 Å². The van der Waals surface area contributed by atoms with Crippen LogP contribution in [-0.2, 0) is 10.2 Å². The summed E-state index contributed by atoms with van der Waals surface area (Å²) in [7, 11) is 1.73. The number of hydrogen-bond acceptors (Lipinski definition) is 2. The lowest BCUT2D eigenvalue weighted by Gasteiger charge is -2.16. The average Bonchev–Trinajstić information content (AvgIpc) is 3.06. The zero-order valence-corrected chi connectivity index (χ0v) is 10.4. The molecule has 2 rings (SSSR count). The molecule has 88 valence electrons. The Hall–Kier alpha value is -0.570. The molecule has 0 saturated heterocycles. The zero-order valence-electron chi connectivity index (χ0n) is 9.63. The van der Waals surface area contributed by atoms with E-state index >= 15 is 0 Å². The Morgan fingerprint density at radius 2 is 2.25 bits per heavy atom. The number of halogens is 1. The average molecular weight is 240 g/mol. The van der Waals surface area contributed by atoms with E-state index in [-0.39, 0.29) is 0 Å². The Bertz CT molecular complexity index is 350. The van der Waals surface area contributed by atoms with Crippen LogP contribution in [0.15, 0.2) is 24.3 Å². The maximum atomic E-state index is 6.02. The third kappa shape index (κ3) is 2.76. The van der Waals surface area contributed by atoms with Gasteiger partial charge in [-0.25, -0.2) is 0 Å². The molecule has 1 aromatic rings. The minimum Gasteiger partial charge on any atom is -0.383 e. The Balaban J connectivity index is 1.92. The number of nitrogens with one attached hydrogen (secondary N) is 1. The first-order valence-corrected chi connectivity index (χ1v) is 6.10. The number of rotatable bonds is 6. The minimum atomic E-state index is 0.332. The van der Waals surface area contributed by atoms with E-state index in [1.165, 1.54) is 18.4 Å². The molecule has 0 unspecified atom stereocenters. The molecule has 2 nitrogen and oxygen atoms in total. The van der Waals surface area contributed by atoms with E-state index in [9.17, 15) is 0 Å². The normalized spacial score (nSPS) is 17.4. The van der Waals surface area contributed by atoms with Crippen LogP contribution in [0.2, 0.25) is 5.02 Å². The van der Waals surface area contributed by atoms with Crippen LogP contribution in [-0.4, -0.2) is 26.8 Å². The van der Waals surface area contributed by atoms with Crippen molar-refractivity contribution in [1.82, 2.24) is 5.32 Å². The number of methoxy groups -OCH3 is 1. The van der Waals surface area contributed by atoms with Crippen LogP contribution in [0.1, 0.15) is 18.4 Å². The van der Waals surface area contributed by atoms with Crippen molar-refractivity contribution >= 4 is 11.6 Å². The van der Waals surface area contributed by atoms with E-state index < -0.39 is 0 Å². The summed E-state index contributed by atoms with van der Waals surface area (Å²) in [5.41, 5.74) is 1.70. The Kier molecular flexibility index (Phi) is 3.85. The van der Waals surface area contributed by atoms with Crippen molar-refractivity contribution in [3.05, 3.63) is 34.9 Å². The van der Waals surface area contributed by atoms with E-state index in [2.05, 4.69) is 17.4 Å². The quantitative estimate of drug-likeness (QED) is 0.771. The smallest absolute Gasteiger partial charge is 0.0587 e. The highest BCUT2D eigenvalue weighted by atomic mass is 35.5. The highest BCUT2D eigenvalue weighted by Gasteiger charge is 2.43. The molecule has 0 spiro atoms. The number of benzene rings is 1. The van der Waals surface area contributed by atoms with Crippen LogP contribution < -0.4 is 5.32 Å². The van der Waals surface area contributed by atoms with Gasteiger partial charge >= 0.3 is 0 Å². The molecule has 1 aliphatic carbocycles. The molecule has 1 aromatic carbocycles. The minimum absolute atomic E-state index is 0.332. The van der Waals surface area contributed by atoms with Gasteiger partial charge in [0.2, 0.25) is 0 Å².